The number of fused-ring (bicyclic) bond motifs is 1. The van der Waals surface area contributed by atoms with Crippen molar-refractivity contribution in [2.75, 3.05) is 25.1 Å². The summed E-state index contributed by atoms with van der Waals surface area (Å²) in [6.45, 7) is 2.74. The van der Waals surface area contributed by atoms with E-state index in [0.29, 0.717) is 62.8 Å². The number of methoxy groups -OCH3 is 1. The minimum Gasteiger partial charge on any atom is -0.493 e. The summed E-state index contributed by atoms with van der Waals surface area (Å²) in [5.74, 6) is 1.52. The van der Waals surface area contributed by atoms with E-state index in [1.807, 2.05) is 17.9 Å². The van der Waals surface area contributed by atoms with Crippen molar-refractivity contribution >= 4 is 39.9 Å². The fourth-order valence-electron chi connectivity index (χ4n) is 4.11. The first kappa shape index (κ1) is 23.2. The lowest BCUT2D eigenvalue weighted by atomic mass is 10.1. The summed E-state index contributed by atoms with van der Waals surface area (Å²) in [5.41, 5.74) is 3.03. The Morgan fingerprint density at radius 2 is 1.91 bits per heavy atom. The van der Waals surface area contributed by atoms with E-state index in [4.69, 9.17) is 32.7 Å². The van der Waals surface area contributed by atoms with Gasteiger partial charge in [0.05, 0.1) is 34.3 Å². The van der Waals surface area contributed by atoms with Crippen molar-refractivity contribution < 1.29 is 14.6 Å². The van der Waals surface area contributed by atoms with Crippen LogP contribution in [0.15, 0.2) is 36.8 Å². The predicted octanol–water partition coefficient (Wildman–Crippen LogP) is 4.53. The largest absolute Gasteiger partial charge is 0.493 e. The van der Waals surface area contributed by atoms with E-state index in [1.54, 1.807) is 25.4 Å². The average Bonchev–Trinajstić information content (AvgIpc) is 3.23. The monoisotopic (exact) mass is 510 g/mol. The van der Waals surface area contributed by atoms with Crippen LogP contribution in [0.3, 0.4) is 0 Å². The molecule has 1 fully saturated rings. The smallest absolute Gasteiger partial charge is 0.162 e. The van der Waals surface area contributed by atoms with Gasteiger partial charge in [-0.05, 0) is 19.1 Å². The fourth-order valence-corrected chi connectivity index (χ4v) is 4.78. The van der Waals surface area contributed by atoms with Crippen LogP contribution in [-0.2, 0) is 0 Å². The molecule has 4 heterocycles. The first-order chi connectivity index (χ1) is 16.9. The van der Waals surface area contributed by atoms with Crippen LogP contribution >= 0.6 is 23.2 Å². The molecule has 0 bridgehead atoms. The molecule has 1 aromatic carbocycles. The van der Waals surface area contributed by atoms with Gasteiger partial charge in [0.2, 0.25) is 0 Å². The summed E-state index contributed by atoms with van der Waals surface area (Å²) in [6.07, 6.45) is 3.81. The molecule has 1 atom stereocenters. The molecule has 1 unspecified atom stereocenters. The number of nitriles is 1. The molecule has 0 spiro atoms. The number of hydrogen-bond donors (Lipinski definition) is 2. The van der Waals surface area contributed by atoms with Gasteiger partial charge in [0.1, 0.15) is 23.7 Å². The Kier molecular flexibility index (Phi) is 6.11. The van der Waals surface area contributed by atoms with E-state index in [9.17, 15) is 10.4 Å². The molecule has 0 saturated carbocycles. The molecule has 0 amide bonds. The molecule has 2 N–H and O–H groups in total. The Balaban J connectivity index is 1.53. The van der Waals surface area contributed by atoms with Crippen molar-refractivity contribution in [2.24, 2.45) is 0 Å². The van der Waals surface area contributed by atoms with Gasteiger partial charge in [-0.2, -0.15) is 10.4 Å². The highest BCUT2D eigenvalue weighted by atomic mass is 35.5. The molecule has 1 aliphatic heterocycles. The Hall–Kier alpha value is -3.58. The number of anilines is 1. The summed E-state index contributed by atoms with van der Waals surface area (Å²) >= 11 is 12.6. The number of aromatic nitrogens is 4. The zero-order chi connectivity index (χ0) is 24.7. The van der Waals surface area contributed by atoms with E-state index in [2.05, 4.69) is 26.2 Å². The van der Waals surface area contributed by atoms with Crippen LogP contribution in [0.25, 0.3) is 22.2 Å². The zero-order valence-corrected chi connectivity index (χ0v) is 20.3. The number of ether oxygens (including phenoxy) is 2. The van der Waals surface area contributed by atoms with E-state index in [0.717, 1.165) is 10.9 Å². The quantitative estimate of drug-likeness (QED) is 0.388. The van der Waals surface area contributed by atoms with Gasteiger partial charge < -0.3 is 19.5 Å². The zero-order valence-electron chi connectivity index (χ0n) is 18.8. The van der Waals surface area contributed by atoms with Crippen LogP contribution in [-0.4, -0.2) is 51.6 Å². The highest BCUT2D eigenvalue weighted by Crippen LogP contribution is 2.40. The number of pyridine rings is 2. The molecule has 0 radical (unpaired) electrons. The van der Waals surface area contributed by atoms with E-state index in [-0.39, 0.29) is 0 Å². The van der Waals surface area contributed by atoms with Crippen molar-refractivity contribution in [1.82, 2.24) is 20.2 Å². The van der Waals surface area contributed by atoms with E-state index < -0.39 is 12.2 Å². The Morgan fingerprint density at radius 3 is 2.57 bits per heavy atom. The Bertz CT molecular complexity index is 1440. The summed E-state index contributed by atoms with van der Waals surface area (Å²) in [6, 6.07) is 7.55. The normalized spacial score (nSPS) is 14.5. The van der Waals surface area contributed by atoms with Crippen LogP contribution in [0.5, 0.6) is 11.5 Å². The number of nitrogens with one attached hydrogen (secondary N) is 1. The second kappa shape index (κ2) is 9.23. The molecule has 1 aliphatic rings. The molecule has 0 aliphatic carbocycles. The van der Waals surface area contributed by atoms with Crippen molar-refractivity contribution in [3.8, 4) is 28.8 Å². The van der Waals surface area contributed by atoms with Crippen molar-refractivity contribution in [2.45, 2.75) is 19.1 Å². The highest BCUT2D eigenvalue weighted by molar-refractivity contribution is 6.35. The van der Waals surface area contributed by atoms with E-state index in [1.165, 1.54) is 12.4 Å². The number of β-amino-alcohol motifs (C(OH)–C–C–N with tert-alkyl or cyclic N) is 1. The number of aromatic amines is 1. The Labute approximate surface area is 210 Å². The standard InChI is InChI=1S/C24H20Cl2N6O3/c1-12(22-17(25)8-28-9-18(22)26)35-21-4-16-19(5-20(21)34-2)30-31-23(16)14-3-13(6-27)24(29-7-14)32-10-15(33)11-32/h3-5,7-9,12,15,33H,10-11H2,1-2H3,(H,30,31). The highest BCUT2D eigenvalue weighted by Gasteiger charge is 2.28. The lowest BCUT2D eigenvalue weighted by Crippen LogP contribution is -2.51. The maximum atomic E-state index is 9.68. The number of halogens is 2. The van der Waals surface area contributed by atoms with Gasteiger partial charge >= 0.3 is 0 Å². The van der Waals surface area contributed by atoms with Gasteiger partial charge in [-0.1, -0.05) is 23.2 Å². The molecule has 35 heavy (non-hydrogen) atoms. The maximum Gasteiger partial charge on any atom is 0.162 e. The van der Waals surface area contributed by atoms with Crippen molar-refractivity contribution in [1.29, 1.82) is 5.26 Å². The first-order valence-corrected chi connectivity index (χ1v) is 11.5. The third kappa shape index (κ3) is 4.21. The van der Waals surface area contributed by atoms with E-state index >= 15 is 0 Å². The van der Waals surface area contributed by atoms with Crippen LogP contribution < -0.4 is 14.4 Å². The van der Waals surface area contributed by atoms with Crippen LogP contribution in [0, 0.1) is 11.3 Å². The molecule has 3 aromatic heterocycles. The summed E-state index contributed by atoms with van der Waals surface area (Å²) in [5, 5.41) is 28.3. The third-order valence-corrected chi connectivity index (χ3v) is 6.47. The number of hydrogen-bond acceptors (Lipinski definition) is 8. The molecular formula is C24H20Cl2N6O3. The summed E-state index contributed by atoms with van der Waals surface area (Å²) in [7, 11) is 1.55. The number of aliphatic hydroxyl groups excluding tert-OH is 1. The van der Waals surface area contributed by atoms with Gasteiger partial charge in [0, 0.05) is 54.3 Å². The first-order valence-electron chi connectivity index (χ1n) is 10.7. The number of nitrogens with zero attached hydrogens (tertiary/aromatic N) is 5. The van der Waals surface area contributed by atoms with Crippen LogP contribution in [0.4, 0.5) is 5.82 Å². The number of aliphatic hydroxyl groups is 1. The molecular weight excluding hydrogens is 491 g/mol. The maximum absolute atomic E-state index is 9.68. The molecule has 4 aromatic rings. The fraction of sp³-hybridized carbons (Fsp3) is 0.250. The topological polar surface area (TPSA) is 120 Å². The SMILES string of the molecule is COc1cc2[nH]nc(-c3cnc(N4CC(O)C4)c(C#N)c3)c2cc1OC(C)c1c(Cl)cncc1Cl. The average molecular weight is 511 g/mol. The number of H-pyrrole nitrogens is 1. The lowest BCUT2D eigenvalue weighted by molar-refractivity contribution is 0.141. The second-order valence-corrected chi connectivity index (χ2v) is 8.98. The van der Waals surface area contributed by atoms with Gasteiger partial charge in [0.15, 0.2) is 11.5 Å². The Morgan fingerprint density at radius 1 is 1.17 bits per heavy atom. The van der Waals surface area contributed by atoms with Gasteiger partial charge in [-0.15, -0.1) is 0 Å². The molecule has 1 saturated heterocycles. The predicted molar refractivity (Wildman–Crippen MR) is 132 cm³/mol. The molecule has 11 heteroatoms. The van der Waals surface area contributed by atoms with Crippen molar-refractivity contribution in [3.05, 3.63) is 58.0 Å². The molecule has 9 nitrogen and oxygen atoms in total. The molecule has 5 rings (SSSR count). The van der Waals surface area contributed by atoms with Gasteiger partial charge in [0.25, 0.3) is 0 Å². The minimum atomic E-state index is -0.488. The second-order valence-electron chi connectivity index (χ2n) is 8.16. The number of rotatable bonds is 6. The molecule has 178 valence electrons. The van der Waals surface area contributed by atoms with Crippen LogP contribution in [0.1, 0.15) is 24.2 Å². The van der Waals surface area contributed by atoms with Gasteiger partial charge in [-0.25, -0.2) is 4.98 Å². The van der Waals surface area contributed by atoms with Gasteiger partial charge in [-0.3, -0.25) is 10.1 Å². The van der Waals surface area contributed by atoms with Crippen molar-refractivity contribution in [3.63, 3.8) is 0 Å². The lowest BCUT2D eigenvalue weighted by Gasteiger charge is -2.37. The minimum absolute atomic E-state index is 0.397. The number of benzene rings is 1. The summed E-state index contributed by atoms with van der Waals surface area (Å²) in [4.78, 5) is 10.3. The third-order valence-electron chi connectivity index (χ3n) is 5.87. The summed E-state index contributed by atoms with van der Waals surface area (Å²) < 4.78 is 11.8. The van der Waals surface area contributed by atoms with Crippen LogP contribution in [0.2, 0.25) is 10.0 Å².